The fourth-order valence-corrected chi connectivity index (χ4v) is 4.40. The highest BCUT2D eigenvalue weighted by Crippen LogP contribution is 2.34. The number of anilines is 1. The van der Waals surface area contributed by atoms with Crippen LogP contribution in [0.1, 0.15) is 54.7 Å². The van der Waals surface area contributed by atoms with Crippen molar-refractivity contribution in [3.05, 3.63) is 39.8 Å². The quantitative estimate of drug-likeness (QED) is 0.606. The zero-order valence-electron chi connectivity index (χ0n) is 18.8. The van der Waals surface area contributed by atoms with Gasteiger partial charge in [0.2, 0.25) is 0 Å². The number of nitrogens with one attached hydrogen (secondary N) is 1. The van der Waals surface area contributed by atoms with E-state index in [0.29, 0.717) is 18.0 Å². The molecule has 0 saturated heterocycles. The number of amides is 2. The second kappa shape index (κ2) is 10.7. The first-order valence-electron chi connectivity index (χ1n) is 10.9. The van der Waals surface area contributed by atoms with E-state index in [1.807, 2.05) is 32.0 Å². The summed E-state index contributed by atoms with van der Waals surface area (Å²) in [5, 5.41) is 5.52. The van der Waals surface area contributed by atoms with Crippen LogP contribution in [0, 0.1) is 6.92 Å². The fraction of sp³-hybridized carbons (Fsp3) is 0.522. The van der Waals surface area contributed by atoms with Gasteiger partial charge in [-0.15, -0.1) is 11.3 Å². The number of aromatic nitrogens is 1. The molecule has 8 heteroatoms. The lowest BCUT2D eigenvalue weighted by Crippen LogP contribution is -2.38. The number of hydrogen-bond donors (Lipinski definition) is 1. The van der Waals surface area contributed by atoms with Gasteiger partial charge >= 0.3 is 0 Å². The van der Waals surface area contributed by atoms with Gasteiger partial charge in [0.15, 0.2) is 6.61 Å². The van der Waals surface area contributed by atoms with Crippen LogP contribution in [0.5, 0.6) is 5.75 Å². The lowest BCUT2D eigenvalue weighted by Gasteiger charge is -2.29. The number of benzene rings is 1. The first-order chi connectivity index (χ1) is 14.9. The number of hydrogen-bond acceptors (Lipinski definition) is 6. The first kappa shape index (κ1) is 23.2. The zero-order chi connectivity index (χ0) is 22.4. The largest absolute Gasteiger partial charge is 0.482 e. The van der Waals surface area contributed by atoms with Crippen LogP contribution in [-0.2, 0) is 11.3 Å². The van der Waals surface area contributed by atoms with Crippen molar-refractivity contribution in [1.82, 2.24) is 15.2 Å². The number of carbonyl (C=O) groups excluding carboxylic acids is 2. The molecule has 3 rings (SSSR count). The lowest BCUT2D eigenvalue weighted by molar-refractivity contribution is -0.121. The summed E-state index contributed by atoms with van der Waals surface area (Å²) in [5.41, 5.74) is 2.20. The Morgan fingerprint density at radius 1 is 1.35 bits per heavy atom. The zero-order valence-corrected chi connectivity index (χ0v) is 19.6. The highest BCUT2D eigenvalue weighted by molar-refractivity contribution is 7.09. The van der Waals surface area contributed by atoms with Crippen LogP contribution in [0.3, 0.4) is 0 Å². The van der Waals surface area contributed by atoms with Gasteiger partial charge in [-0.1, -0.05) is 19.9 Å². The van der Waals surface area contributed by atoms with Gasteiger partial charge in [0.25, 0.3) is 11.8 Å². The molecule has 0 radical (unpaired) electrons. The second-order valence-electron chi connectivity index (χ2n) is 7.91. The summed E-state index contributed by atoms with van der Waals surface area (Å²) < 4.78 is 5.53. The average molecular weight is 445 g/mol. The third-order valence-electron chi connectivity index (χ3n) is 5.52. The van der Waals surface area contributed by atoms with Gasteiger partial charge in [-0.25, -0.2) is 4.98 Å². The molecule has 0 spiro atoms. The summed E-state index contributed by atoms with van der Waals surface area (Å²) in [6, 6.07) is 5.87. The molecule has 168 valence electrons. The van der Waals surface area contributed by atoms with E-state index in [4.69, 9.17) is 4.74 Å². The Bertz CT molecular complexity index is 910. The summed E-state index contributed by atoms with van der Waals surface area (Å²) in [7, 11) is 0. The second-order valence-corrected chi connectivity index (χ2v) is 8.85. The van der Waals surface area contributed by atoms with Crippen molar-refractivity contribution in [2.45, 2.75) is 53.1 Å². The maximum absolute atomic E-state index is 12.6. The average Bonchev–Trinajstić information content (AvgIpc) is 3.22. The van der Waals surface area contributed by atoms with E-state index in [1.165, 1.54) is 11.3 Å². The number of fused-ring (bicyclic) bond motifs is 1. The van der Waals surface area contributed by atoms with Crippen molar-refractivity contribution < 1.29 is 14.3 Å². The Labute approximate surface area is 188 Å². The third-order valence-corrected chi connectivity index (χ3v) is 6.35. The van der Waals surface area contributed by atoms with Crippen molar-refractivity contribution in [2.75, 3.05) is 31.1 Å². The van der Waals surface area contributed by atoms with Crippen LogP contribution in [0.25, 0.3) is 0 Å². The Kier molecular flexibility index (Phi) is 8.03. The van der Waals surface area contributed by atoms with Crippen molar-refractivity contribution in [3.8, 4) is 5.75 Å². The summed E-state index contributed by atoms with van der Waals surface area (Å²) in [6.07, 6.45) is 1.97. The molecule has 0 saturated carbocycles. The molecule has 1 aromatic heterocycles. The Morgan fingerprint density at radius 3 is 2.87 bits per heavy atom. The molecule has 2 amide bonds. The van der Waals surface area contributed by atoms with Gasteiger partial charge in [-0.2, -0.15) is 0 Å². The summed E-state index contributed by atoms with van der Waals surface area (Å²) in [4.78, 5) is 33.6. The van der Waals surface area contributed by atoms with Gasteiger partial charge in [0, 0.05) is 11.4 Å². The molecule has 2 heterocycles. The van der Waals surface area contributed by atoms with E-state index in [2.05, 4.69) is 29.0 Å². The van der Waals surface area contributed by atoms with E-state index < -0.39 is 0 Å². The molecule has 0 bridgehead atoms. The van der Waals surface area contributed by atoms with E-state index in [-0.39, 0.29) is 24.5 Å². The van der Waals surface area contributed by atoms with Gasteiger partial charge < -0.3 is 15.0 Å². The van der Waals surface area contributed by atoms with Gasteiger partial charge in [0.05, 0.1) is 12.2 Å². The van der Waals surface area contributed by atoms with Crippen molar-refractivity contribution in [2.24, 2.45) is 0 Å². The molecule has 31 heavy (non-hydrogen) atoms. The van der Waals surface area contributed by atoms with Crippen LogP contribution >= 0.6 is 11.3 Å². The Balaban J connectivity index is 1.57. The van der Waals surface area contributed by atoms with Crippen molar-refractivity contribution in [1.29, 1.82) is 0 Å². The molecular weight excluding hydrogens is 412 g/mol. The number of aryl methyl sites for hydroxylation is 1. The Hall–Kier alpha value is -2.45. The van der Waals surface area contributed by atoms with Gasteiger partial charge in [-0.05, 0) is 64.0 Å². The minimum Gasteiger partial charge on any atom is -0.482 e. The normalized spacial score (nSPS) is 14.4. The maximum atomic E-state index is 12.6. The molecular formula is C23H32N4O3S. The summed E-state index contributed by atoms with van der Waals surface area (Å²) in [6.45, 7) is 11.8. The van der Waals surface area contributed by atoms with Gasteiger partial charge in [-0.3, -0.25) is 14.5 Å². The van der Waals surface area contributed by atoms with Gasteiger partial charge in [0.1, 0.15) is 16.5 Å². The molecule has 0 fully saturated rings. The molecule has 1 aliphatic rings. The smallest absolute Gasteiger partial charge is 0.270 e. The van der Waals surface area contributed by atoms with E-state index >= 15 is 0 Å². The van der Waals surface area contributed by atoms with E-state index in [9.17, 15) is 9.59 Å². The van der Waals surface area contributed by atoms with Crippen LogP contribution in [-0.4, -0.2) is 54.0 Å². The minimum atomic E-state index is -0.164. The maximum Gasteiger partial charge on any atom is 0.270 e. The van der Waals surface area contributed by atoms with Crippen molar-refractivity contribution in [3.63, 3.8) is 0 Å². The van der Waals surface area contributed by atoms with Crippen molar-refractivity contribution >= 4 is 28.8 Å². The highest BCUT2D eigenvalue weighted by Gasteiger charge is 2.27. The highest BCUT2D eigenvalue weighted by atomic mass is 32.1. The number of thiazole rings is 1. The van der Waals surface area contributed by atoms with E-state index in [0.717, 1.165) is 48.7 Å². The topological polar surface area (TPSA) is 74.8 Å². The van der Waals surface area contributed by atoms with Crippen LogP contribution < -0.4 is 15.0 Å². The Morgan fingerprint density at radius 2 is 2.13 bits per heavy atom. The molecule has 1 unspecified atom stereocenters. The number of ether oxygens (including phenoxy) is 1. The van der Waals surface area contributed by atoms with Crippen LogP contribution in [0.2, 0.25) is 0 Å². The fourth-order valence-electron chi connectivity index (χ4n) is 3.64. The first-order valence-corrected chi connectivity index (χ1v) is 11.8. The summed E-state index contributed by atoms with van der Waals surface area (Å²) >= 11 is 1.39. The molecule has 2 aromatic rings. The number of nitrogens with zero attached hydrogens (tertiary/aromatic N) is 3. The summed E-state index contributed by atoms with van der Waals surface area (Å²) in [5.74, 6) is 0.418. The predicted molar refractivity (Wildman–Crippen MR) is 124 cm³/mol. The number of carbonyl (C=O) groups is 2. The van der Waals surface area contributed by atoms with Crippen LogP contribution in [0.15, 0.2) is 23.6 Å². The predicted octanol–water partition coefficient (Wildman–Crippen LogP) is 3.62. The lowest BCUT2D eigenvalue weighted by atomic mass is 10.1. The number of rotatable bonds is 10. The SMILES string of the molecule is CCN(CC)CCCC(C)NC(=O)c1csc(CN2C(=O)COc3ccc(C)cc32)n1. The molecule has 0 aliphatic carbocycles. The standard InChI is InChI=1S/C23H32N4O3S/c1-5-26(6-2)11-7-8-17(4)24-23(29)18-15-31-21(25-18)13-27-19-12-16(3)9-10-20(19)30-14-22(27)28/h9-10,12,15,17H,5-8,11,13-14H2,1-4H3,(H,24,29). The van der Waals surface area contributed by atoms with Crippen LogP contribution in [0.4, 0.5) is 5.69 Å². The minimum absolute atomic E-state index is 0.0137. The molecule has 1 aromatic carbocycles. The third kappa shape index (κ3) is 6.04. The molecule has 7 nitrogen and oxygen atoms in total. The molecule has 1 atom stereocenters. The molecule has 1 aliphatic heterocycles. The van der Waals surface area contributed by atoms with E-state index in [1.54, 1.807) is 10.3 Å². The monoisotopic (exact) mass is 444 g/mol. The molecule has 1 N–H and O–H groups in total.